The molecule has 0 fully saturated rings. The average Bonchev–Trinajstić information content (AvgIpc) is 2.71. The van der Waals surface area contributed by atoms with E-state index in [2.05, 4.69) is 29.4 Å². The number of nitrogens with one attached hydrogen (secondary N) is 2. The number of amides is 2. The van der Waals surface area contributed by atoms with Crippen molar-refractivity contribution >= 4 is 23.4 Å². The molecule has 2 atom stereocenters. The molecule has 156 valence electrons. The molecule has 2 unspecified atom stereocenters. The van der Waals surface area contributed by atoms with Crippen LogP contribution in [0.15, 0.2) is 54.6 Å². The molecule has 0 saturated carbocycles. The largest absolute Gasteiger partial charge is 0.354 e. The molecule has 0 radical (unpaired) electrons. The highest BCUT2D eigenvalue weighted by Gasteiger charge is 2.22. The van der Waals surface area contributed by atoms with Gasteiger partial charge < -0.3 is 10.6 Å². The molecular formula is C23H30ClN3O2. The predicted molar refractivity (Wildman–Crippen MR) is 118 cm³/mol. The summed E-state index contributed by atoms with van der Waals surface area (Å²) in [7, 11) is 0. The number of rotatable bonds is 10. The topological polar surface area (TPSA) is 61.4 Å². The molecule has 0 bridgehead atoms. The van der Waals surface area contributed by atoms with Gasteiger partial charge >= 0.3 is 0 Å². The van der Waals surface area contributed by atoms with Gasteiger partial charge in [0, 0.05) is 18.5 Å². The summed E-state index contributed by atoms with van der Waals surface area (Å²) in [5.41, 5.74) is 1.91. The van der Waals surface area contributed by atoms with Crippen molar-refractivity contribution in [1.29, 1.82) is 0 Å². The minimum absolute atomic E-state index is 0.0152. The third-order valence-corrected chi connectivity index (χ3v) is 5.32. The fraction of sp³-hybridized carbons (Fsp3) is 0.391. The molecule has 0 saturated heterocycles. The maximum atomic E-state index is 12.7. The lowest BCUT2D eigenvalue weighted by molar-refractivity contribution is -0.123. The van der Waals surface area contributed by atoms with Gasteiger partial charge in [0.15, 0.2) is 0 Å². The number of carbonyl (C=O) groups excluding carboxylic acids is 2. The van der Waals surface area contributed by atoms with Crippen molar-refractivity contribution in [3.63, 3.8) is 0 Å². The summed E-state index contributed by atoms with van der Waals surface area (Å²) in [5.74, 6) is -0.277. The Labute approximate surface area is 178 Å². The molecule has 0 aliphatic carbocycles. The Bertz CT molecular complexity index is 794. The minimum atomic E-state index is -0.360. The predicted octanol–water partition coefficient (Wildman–Crippen LogP) is 4.11. The van der Waals surface area contributed by atoms with E-state index in [4.69, 9.17) is 11.6 Å². The number of hydrogen-bond donors (Lipinski definition) is 2. The van der Waals surface area contributed by atoms with Crippen LogP contribution < -0.4 is 10.6 Å². The molecular weight excluding hydrogens is 386 g/mol. The van der Waals surface area contributed by atoms with E-state index in [0.29, 0.717) is 11.6 Å². The van der Waals surface area contributed by atoms with Crippen molar-refractivity contribution in [1.82, 2.24) is 15.5 Å². The molecule has 2 aromatic carbocycles. The summed E-state index contributed by atoms with van der Waals surface area (Å²) in [4.78, 5) is 26.6. The van der Waals surface area contributed by atoms with E-state index in [1.165, 1.54) is 6.92 Å². The number of hydrogen-bond acceptors (Lipinski definition) is 3. The molecule has 2 rings (SSSR count). The van der Waals surface area contributed by atoms with Gasteiger partial charge in [0.05, 0.1) is 18.5 Å². The summed E-state index contributed by atoms with van der Waals surface area (Å²) >= 11 is 6.43. The van der Waals surface area contributed by atoms with Gasteiger partial charge in [0.25, 0.3) is 0 Å². The van der Waals surface area contributed by atoms with Gasteiger partial charge in [0.1, 0.15) is 0 Å². The van der Waals surface area contributed by atoms with Crippen LogP contribution in [0.3, 0.4) is 0 Å². The molecule has 0 aromatic heterocycles. The second kappa shape index (κ2) is 11.6. The standard InChI is InChI=1S/C23H30ClN3O2/c1-4-27(5-2)22(19-13-9-10-14-20(19)24)16-25-23(29)15-21(26-17(3)28)18-11-7-6-8-12-18/h6-14,21-22H,4-5,15-16H2,1-3H3,(H,25,29)(H,26,28). The van der Waals surface area contributed by atoms with Crippen molar-refractivity contribution < 1.29 is 9.59 Å². The van der Waals surface area contributed by atoms with Crippen LogP contribution >= 0.6 is 11.6 Å². The smallest absolute Gasteiger partial charge is 0.222 e. The molecule has 2 N–H and O–H groups in total. The lowest BCUT2D eigenvalue weighted by atomic mass is 10.0. The van der Waals surface area contributed by atoms with E-state index < -0.39 is 0 Å². The normalized spacial score (nSPS) is 13.0. The Morgan fingerprint density at radius 3 is 2.21 bits per heavy atom. The van der Waals surface area contributed by atoms with Crippen molar-refractivity contribution in [3.05, 3.63) is 70.7 Å². The zero-order valence-electron chi connectivity index (χ0n) is 17.3. The molecule has 0 spiro atoms. The first kappa shape index (κ1) is 22.9. The van der Waals surface area contributed by atoms with Gasteiger partial charge in [-0.15, -0.1) is 0 Å². The Kier molecular flexibility index (Phi) is 9.16. The SMILES string of the molecule is CCN(CC)C(CNC(=O)CC(NC(C)=O)c1ccccc1)c1ccccc1Cl. The van der Waals surface area contributed by atoms with Crippen molar-refractivity contribution in [2.24, 2.45) is 0 Å². The molecule has 2 aromatic rings. The first-order chi connectivity index (χ1) is 14.0. The zero-order valence-corrected chi connectivity index (χ0v) is 18.1. The molecule has 6 heteroatoms. The van der Waals surface area contributed by atoms with Crippen LogP contribution in [0.5, 0.6) is 0 Å². The number of likely N-dealkylation sites (N-methyl/N-ethyl adjacent to an activating group) is 1. The fourth-order valence-corrected chi connectivity index (χ4v) is 3.76. The molecule has 2 amide bonds. The highest BCUT2D eigenvalue weighted by Crippen LogP contribution is 2.27. The third kappa shape index (κ3) is 6.87. The van der Waals surface area contributed by atoms with Crippen LogP contribution in [0, 0.1) is 0 Å². The lowest BCUT2D eigenvalue weighted by Crippen LogP contribution is -2.39. The van der Waals surface area contributed by atoms with Crippen LogP contribution in [-0.2, 0) is 9.59 Å². The van der Waals surface area contributed by atoms with E-state index >= 15 is 0 Å². The Hall–Kier alpha value is -2.37. The van der Waals surface area contributed by atoms with Gasteiger partial charge in [-0.1, -0.05) is 74.0 Å². The van der Waals surface area contributed by atoms with E-state index in [0.717, 1.165) is 24.2 Å². The first-order valence-corrected chi connectivity index (χ1v) is 10.4. The minimum Gasteiger partial charge on any atom is -0.354 e. The second-order valence-corrected chi connectivity index (χ2v) is 7.34. The Balaban J connectivity index is 2.10. The molecule has 29 heavy (non-hydrogen) atoms. The third-order valence-electron chi connectivity index (χ3n) is 4.98. The number of halogens is 1. The van der Waals surface area contributed by atoms with Crippen LogP contribution in [0.2, 0.25) is 5.02 Å². The molecule has 0 aliphatic rings. The molecule has 0 aliphatic heterocycles. The van der Waals surface area contributed by atoms with Crippen molar-refractivity contribution in [3.8, 4) is 0 Å². The number of benzene rings is 2. The van der Waals surface area contributed by atoms with Crippen molar-refractivity contribution in [2.75, 3.05) is 19.6 Å². The highest BCUT2D eigenvalue weighted by molar-refractivity contribution is 6.31. The van der Waals surface area contributed by atoms with Crippen LogP contribution in [-0.4, -0.2) is 36.3 Å². The van der Waals surface area contributed by atoms with Gasteiger partial charge in [-0.2, -0.15) is 0 Å². The van der Waals surface area contributed by atoms with E-state index in [9.17, 15) is 9.59 Å². The van der Waals surface area contributed by atoms with Crippen LogP contribution in [0.25, 0.3) is 0 Å². The number of nitrogens with zero attached hydrogens (tertiary/aromatic N) is 1. The van der Waals surface area contributed by atoms with E-state index in [-0.39, 0.29) is 30.3 Å². The van der Waals surface area contributed by atoms with Crippen LogP contribution in [0.4, 0.5) is 0 Å². The van der Waals surface area contributed by atoms with Crippen molar-refractivity contribution in [2.45, 2.75) is 39.3 Å². The van der Waals surface area contributed by atoms with Gasteiger partial charge in [-0.25, -0.2) is 0 Å². The highest BCUT2D eigenvalue weighted by atomic mass is 35.5. The maximum Gasteiger partial charge on any atom is 0.222 e. The Morgan fingerprint density at radius 1 is 1.00 bits per heavy atom. The average molecular weight is 416 g/mol. The monoisotopic (exact) mass is 415 g/mol. The van der Waals surface area contributed by atoms with Gasteiger partial charge in [0.2, 0.25) is 11.8 Å². The second-order valence-electron chi connectivity index (χ2n) is 6.93. The molecule has 0 heterocycles. The fourth-order valence-electron chi connectivity index (χ4n) is 3.50. The van der Waals surface area contributed by atoms with Crippen LogP contribution in [0.1, 0.15) is 50.4 Å². The van der Waals surface area contributed by atoms with E-state index in [1.54, 1.807) is 0 Å². The van der Waals surface area contributed by atoms with Gasteiger partial charge in [-0.05, 0) is 30.3 Å². The summed E-state index contributed by atoms with van der Waals surface area (Å²) < 4.78 is 0. The lowest BCUT2D eigenvalue weighted by Gasteiger charge is -2.31. The summed E-state index contributed by atoms with van der Waals surface area (Å²) in [6.07, 6.45) is 0.178. The quantitative estimate of drug-likeness (QED) is 0.614. The summed E-state index contributed by atoms with van der Waals surface area (Å²) in [6, 6.07) is 16.9. The number of carbonyl (C=O) groups is 2. The molecule has 5 nitrogen and oxygen atoms in total. The van der Waals surface area contributed by atoms with E-state index in [1.807, 2.05) is 54.6 Å². The summed E-state index contributed by atoms with van der Waals surface area (Å²) in [6.45, 7) is 7.80. The van der Waals surface area contributed by atoms with Gasteiger partial charge in [-0.3, -0.25) is 14.5 Å². The Morgan fingerprint density at radius 2 is 1.62 bits per heavy atom. The maximum absolute atomic E-state index is 12.7. The summed E-state index contributed by atoms with van der Waals surface area (Å²) in [5, 5.41) is 6.60. The first-order valence-electron chi connectivity index (χ1n) is 10.0. The zero-order chi connectivity index (χ0) is 21.2.